The van der Waals surface area contributed by atoms with E-state index < -0.39 is 43.3 Å². The van der Waals surface area contributed by atoms with Gasteiger partial charge in [-0.25, -0.2) is 0 Å². The Morgan fingerprint density at radius 1 is 1.45 bits per heavy atom. The molecule has 7 atom stereocenters. The summed E-state index contributed by atoms with van der Waals surface area (Å²) < 4.78 is 10.6. The van der Waals surface area contributed by atoms with Crippen molar-refractivity contribution in [1.29, 1.82) is 0 Å². The van der Waals surface area contributed by atoms with E-state index in [0.29, 0.717) is 6.54 Å². The number of hydrogen-bond donors (Lipinski definition) is 5. The van der Waals surface area contributed by atoms with Crippen molar-refractivity contribution in [2.24, 2.45) is 5.73 Å². The van der Waals surface area contributed by atoms with Crippen LogP contribution in [0.25, 0.3) is 0 Å². The molecule has 6 N–H and O–H groups in total. The number of rotatable bonds is 7. The predicted molar refractivity (Wildman–Crippen MR) is 69.4 cm³/mol. The summed E-state index contributed by atoms with van der Waals surface area (Å²) in [5.74, 6) is 0. The van der Waals surface area contributed by atoms with E-state index in [-0.39, 0.29) is 6.10 Å². The molecule has 1 rings (SSSR count). The van der Waals surface area contributed by atoms with Crippen LogP contribution < -0.4 is 11.1 Å². The van der Waals surface area contributed by atoms with Crippen LogP contribution in [0.15, 0.2) is 0 Å². The Morgan fingerprint density at radius 2 is 2.10 bits per heavy atom. The van der Waals surface area contributed by atoms with Gasteiger partial charge in [0.1, 0.15) is 18.3 Å². The van der Waals surface area contributed by atoms with Gasteiger partial charge in [-0.1, -0.05) is 0 Å². The van der Waals surface area contributed by atoms with E-state index >= 15 is 0 Å². The Bertz CT molecular complexity index is 306. The highest BCUT2D eigenvalue weighted by molar-refractivity contribution is 5.57. The van der Waals surface area contributed by atoms with E-state index in [1.54, 1.807) is 20.1 Å². The number of aliphatic hydroxyl groups excluding tert-OH is 3. The largest absolute Gasteiger partial charge is 0.394 e. The third-order valence-electron chi connectivity index (χ3n) is 3.20. The van der Waals surface area contributed by atoms with E-state index in [9.17, 15) is 15.0 Å². The van der Waals surface area contributed by atoms with Crippen LogP contribution in [0.1, 0.15) is 13.8 Å². The SMILES string of the molecule is CC(CN[C@@H](C)[C]=O)O[C@@H]1[C@@H](N)[C@@H](O)O[C@H](CO)[C@H]1O. The van der Waals surface area contributed by atoms with Gasteiger partial charge in [-0.3, -0.25) is 4.79 Å². The molecule has 8 heteroatoms. The van der Waals surface area contributed by atoms with Crippen LogP contribution >= 0.6 is 0 Å². The van der Waals surface area contributed by atoms with Crippen LogP contribution in [-0.4, -0.2) is 77.5 Å². The average Bonchev–Trinajstić information content (AvgIpc) is 2.44. The van der Waals surface area contributed by atoms with Crippen LogP contribution in [0.2, 0.25) is 0 Å². The average molecular weight is 291 g/mol. The van der Waals surface area contributed by atoms with Crippen LogP contribution in [0, 0.1) is 0 Å². The first-order chi connectivity index (χ1) is 9.40. The van der Waals surface area contributed by atoms with Crippen molar-refractivity contribution in [1.82, 2.24) is 5.32 Å². The molecule has 117 valence electrons. The molecule has 0 aliphatic carbocycles. The fraction of sp³-hybridized carbons (Fsp3) is 0.917. The summed E-state index contributed by atoms with van der Waals surface area (Å²) in [4.78, 5) is 10.4. The molecule has 0 aromatic heterocycles. The highest BCUT2D eigenvalue weighted by Gasteiger charge is 2.44. The van der Waals surface area contributed by atoms with Gasteiger partial charge in [0.2, 0.25) is 6.29 Å². The van der Waals surface area contributed by atoms with Crippen LogP contribution in [0.3, 0.4) is 0 Å². The zero-order valence-corrected chi connectivity index (χ0v) is 11.6. The standard InChI is InChI=1S/C12H23N2O6/c1-6(4-15)14-3-7(2)19-11-9(13)12(18)20-8(5-16)10(11)17/h6-12,14,16-18H,3,5,13H2,1-2H3/t6-,7?,8+,9+,10+,11+,12-/m0/s1. The van der Waals surface area contributed by atoms with Gasteiger partial charge in [-0.15, -0.1) is 0 Å². The van der Waals surface area contributed by atoms with Gasteiger partial charge in [-0.05, 0) is 13.8 Å². The summed E-state index contributed by atoms with van der Waals surface area (Å²) in [5.41, 5.74) is 5.74. The van der Waals surface area contributed by atoms with Gasteiger partial charge in [-0.2, -0.15) is 0 Å². The summed E-state index contributed by atoms with van der Waals surface area (Å²) in [7, 11) is 0. The van der Waals surface area contributed by atoms with Gasteiger partial charge in [0.25, 0.3) is 0 Å². The monoisotopic (exact) mass is 291 g/mol. The van der Waals surface area contributed by atoms with E-state index in [2.05, 4.69) is 5.32 Å². The Balaban J connectivity index is 2.55. The summed E-state index contributed by atoms with van der Waals surface area (Å²) >= 11 is 0. The number of aliphatic hydroxyl groups is 3. The van der Waals surface area contributed by atoms with E-state index in [4.69, 9.17) is 20.3 Å². The maximum absolute atomic E-state index is 10.4. The molecule has 0 aromatic carbocycles. The zero-order chi connectivity index (χ0) is 15.3. The third kappa shape index (κ3) is 4.45. The predicted octanol–water partition coefficient (Wildman–Crippen LogP) is -2.75. The van der Waals surface area contributed by atoms with Gasteiger partial charge < -0.3 is 35.8 Å². The van der Waals surface area contributed by atoms with E-state index in [0.717, 1.165) is 0 Å². The highest BCUT2D eigenvalue weighted by Crippen LogP contribution is 2.22. The minimum Gasteiger partial charge on any atom is -0.394 e. The lowest BCUT2D eigenvalue weighted by atomic mass is 9.97. The number of carbonyl (C=O) groups excluding carboxylic acids is 1. The van der Waals surface area contributed by atoms with Crippen LogP contribution in [-0.2, 0) is 14.3 Å². The number of nitrogens with one attached hydrogen (secondary N) is 1. The second-order valence-electron chi connectivity index (χ2n) is 4.97. The molecule has 0 aromatic rings. The molecule has 20 heavy (non-hydrogen) atoms. The molecule has 1 aliphatic heterocycles. The van der Waals surface area contributed by atoms with Crippen molar-refractivity contribution < 1.29 is 29.6 Å². The highest BCUT2D eigenvalue weighted by atomic mass is 16.6. The molecular formula is C12H23N2O6. The number of ether oxygens (including phenoxy) is 2. The summed E-state index contributed by atoms with van der Waals surface area (Å²) in [6.07, 6.45) is -2.86. The molecule has 1 fully saturated rings. The van der Waals surface area contributed by atoms with E-state index in [1.807, 2.05) is 0 Å². The molecule has 0 spiro atoms. The fourth-order valence-corrected chi connectivity index (χ4v) is 1.97. The van der Waals surface area contributed by atoms with Crippen molar-refractivity contribution in [3.8, 4) is 0 Å². The maximum atomic E-state index is 10.4. The van der Waals surface area contributed by atoms with Crippen molar-refractivity contribution in [3.05, 3.63) is 0 Å². The minimum atomic E-state index is -1.32. The molecule has 1 radical (unpaired) electrons. The zero-order valence-electron chi connectivity index (χ0n) is 11.6. The Labute approximate surface area is 117 Å². The van der Waals surface area contributed by atoms with Crippen molar-refractivity contribution in [3.63, 3.8) is 0 Å². The smallest absolute Gasteiger partial charge is 0.216 e. The summed E-state index contributed by atoms with van der Waals surface area (Å²) in [6, 6.07) is -1.35. The molecular weight excluding hydrogens is 268 g/mol. The van der Waals surface area contributed by atoms with Crippen molar-refractivity contribution in [2.75, 3.05) is 13.2 Å². The summed E-state index contributed by atoms with van der Waals surface area (Å²) in [5, 5.41) is 31.6. The van der Waals surface area contributed by atoms with Crippen molar-refractivity contribution >= 4 is 6.29 Å². The fourth-order valence-electron chi connectivity index (χ4n) is 1.97. The van der Waals surface area contributed by atoms with E-state index in [1.165, 1.54) is 0 Å². The van der Waals surface area contributed by atoms with Gasteiger partial charge >= 0.3 is 0 Å². The Kier molecular flexibility index (Phi) is 6.96. The normalized spacial score (nSPS) is 37.4. The molecule has 1 saturated heterocycles. The molecule has 0 amide bonds. The molecule has 0 bridgehead atoms. The minimum absolute atomic E-state index is 0.354. The van der Waals surface area contributed by atoms with Gasteiger partial charge in [0, 0.05) is 6.54 Å². The first-order valence-electron chi connectivity index (χ1n) is 6.55. The quantitative estimate of drug-likeness (QED) is 0.341. The number of hydrogen-bond acceptors (Lipinski definition) is 8. The van der Waals surface area contributed by atoms with Crippen LogP contribution in [0.4, 0.5) is 0 Å². The van der Waals surface area contributed by atoms with Gasteiger partial charge in [0.15, 0.2) is 6.29 Å². The number of nitrogens with two attached hydrogens (primary N) is 1. The second-order valence-corrected chi connectivity index (χ2v) is 4.97. The lowest BCUT2D eigenvalue weighted by Crippen LogP contribution is -2.63. The molecule has 1 aliphatic rings. The summed E-state index contributed by atoms with van der Waals surface area (Å²) in [6.45, 7) is 3.29. The third-order valence-corrected chi connectivity index (χ3v) is 3.20. The lowest BCUT2D eigenvalue weighted by Gasteiger charge is -2.41. The van der Waals surface area contributed by atoms with Crippen LogP contribution in [0.5, 0.6) is 0 Å². The van der Waals surface area contributed by atoms with Gasteiger partial charge in [0.05, 0.1) is 24.8 Å². The molecule has 1 unspecified atom stereocenters. The topological polar surface area (TPSA) is 134 Å². The Morgan fingerprint density at radius 3 is 2.65 bits per heavy atom. The molecule has 8 nitrogen and oxygen atoms in total. The Hall–Kier alpha value is -0.610. The lowest BCUT2D eigenvalue weighted by molar-refractivity contribution is -0.262. The second kappa shape index (κ2) is 7.99. The van der Waals surface area contributed by atoms with Crippen molar-refractivity contribution in [2.45, 2.75) is 56.6 Å². The maximum Gasteiger partial charge on any atom is 0.216 e. The first kappa shape index (κ1) is 17.4. The first-order valence-corrected chi connectivity index (χ1v) is 6.55. The molecule has 1 heterocycles. The molecule has 0 saturated carbocycles.